The van der Waals surface area contributed by atoms with Crippen LogP contribution in [0.5, 0.6) is 0 Å². The zero-order chi connectivity index (χ0) is 12.1. The largest absolute Gasteiger partial charge is 0.411 e. The highest BCUT2D eigenvalue weighted by Gasteiger charge is 2.22. The molecule has 0 atom stereocenters. The topological polar surface area (TPSA) is 32.6 Å². The fourth-order valence-corrected chi connectivity index (χ4v) is 2.93. The molecule has 2 aliphatic rings. The van der Waals surface area contributed by atoms with Crippen molar-refractivity contribution in [3.8, 4) is 0 Å². The van der Waals surface area contributed by atoms with Gasteiger partial charge in [0.05, 0.1) is 5.71 Å². The second-order valence-corrected chi connectivity index (χ2v) is 4.68. The molecule has 1 N–H and O–H groups in total. The van der Waals surface area contributed by atoms with Gasteiger partial charge in [-0.05, 0) is 32.9 Å². The summed E-state index contributed by atoms with van der Waals surface area (Å²) in [6.45, 7) is 0. The molecule has 0 saturated carbocycles. The van der Waals surface area contributed by atoms with Gasteiger partial charge in [-0.2, -0.15) is 0 Å². The van der Waals surface area contributed by atoms with Crippen molar-refractivity contribution in [3.63, 3.8) is 0 Å². The van der Waals surface area contributed by atoms with Gasteiger partial charge in [0.1, 0.15) is 0 Å². The van der Waals surface area contributed by atoms with Gasteiger partial charge >= 0.3 is 0 Å². The molecule has 0 saturated heterocycles. The van der Waals surface area contributed by atoms with Crippen molar-refractivity contribution < 1.29 is 5.21 Å². The Balaban J connectivity index is 2.24. The lowest BCUT2D eigenvalue weighted by molar-refractivity contribution is 0.319. The van der Waals surface area contributed by atoms with E-state index in [1.54, 1.807) is 0 Å². The lowest BCUT2D eigenvalue weighted by Crippen LogP contribution is -2.25. The first-order valence-corrected chi connectivity index (χ1v) is 6.04. The van der Waals surface area contributed by atoms with E-state index in [4.69, 9.17) is 5.21 Å². The number of benzene rings is 2. The van der Waals surface area contributed by atoms with Gasteiger partial charge in [0.15, 0.2) is 0 Å². The first kappa shape index (κ1) is 9.66. The van der Waals surface area contributed by atoms with E-state index in [2.05, 4.69) is 53.7 Å². The zero-order valence-electron chi connectivity index (χ0n) is 9.72. The van der Waals surface area contributed by atoms with Crippen LogP contribution in [0.4, 0.5) is 0 Å². The molecule has 0 radical (unpaired) electrons. The molecule has 2 nitrogen and oxygen atoms in total. The first-order valence-electron chi connectivity index (χ1n) is 6.04. The van der Waals surface area contributed by atoms with Crippen LogP contribution in [0, 0.1) is 0 Å². The van der Waals surface area contributed by atoms with E-state index in [1.807, 2.05) is 0 Å². The summed E-state index contributed by atoms with van der Waals surface area (Å²) in [5, 5.41) is 17.4. The molecule has 2 aliphatic carbocycles. The maximum Gasteiger partial charge on any atom is 0.0917 e. The molecule has 0 bridgehead atoms. The van der Waals surface area contributed by atoms with Crippen molar-refractivity contribution in [3.05, 3.63) is 58.5 Å². The molecule has 2 aromatic carbocycles. The van der Waals surface area contributed by atoms with Crippen LogP contribution in [0.3, 0.4) is 0 Å². The monoisotopic (exact) mass is 233 g/mol. The summed E-state index contributed by atoms with van der Waals surface area (Å²) >= 11 is 0. The van der Waals surface area contributed by atoms with E-state index in [9.17, 15) is 0 Å². The van der Waals surface area contributed by atoms with Crippen molar-refractivity contribution in [2.75, 3.05) is 0 Å². The van der Waals surface area contributed by atoms with E-state index in [0.717, 1.165) is 17.7 Å². The van der Waals surface area contributed by atoms with Gasteiger partial charge in [-0.25, -0.2) is 0 Å². The van der Waals surface area contributed by atoms with Crippen molar-refractivity contribution in [2.45, 2.75) is 6.42 Å². The number of fused-ring (bicyclic) bond motifs is 4. The van der Waals surface area contributed by atoms with Gasteiger partial charge in [-0.15, -0.1) is 0 Å². The summed E-state index contributed by atoms with van der Waals surface area (Å²) < 4.78 is 0. The molecule has 0 amide bonds. The van der Waals surface area contributed by atoms with Crippen LogP contribution in [0.1, 0.15) is 6.42 Å². The van der Waals surface area contributed by atoms with Crippen LogP contribution in [0.25, 0.3) is 22.4 Å². The molecule has 0 unspecified atom stereocenters. The molecule has 18 heavy (non-hydrogen) atoms. The molecule has 86 valence electrons. The maximum absolute atomic E-state index is 9.07. The summed E-state index contributed by atoms with van der Waals surface area (Å²) in [5.74, 6) is 0. The third-order valence-corrected chi connectivity index (χ3v) is 3.75. The average molecular weight is 233 g/mol. The Morgan fingerprint density at radius 3 is 2.83 bits per heavy atom. The van der Waals surface area contributed by atoms with Crippen LogP contribution in [-0.2, 0) is 0 Å². The summed E-state index contributed by atoms with van der Waals surface area (Å²) in [7, 11) is 0. The van der Waals surface area contributed by atoms with Crippen LogP contribution in [0.2, 0.25) is 0 Å². The second-order valence-electron chi connectivity index (χ2n) is 4.68. The highest BCUT2D eigenvalue weighted by Crippen LogP contribution is 2.26. The lowest BCUT2D eigenvalue weighted by atomic mass is 10.1. The van der Waals surface area contributed by atoms with Gasteiger partial charge in [-0.3, -0.25) is 0 Å². The van der Waals surface area contributed by atoms with Crippen molar-refractivity contribution in [1.29, 1.82) is 0 Å². The second kappa shape index (κ2) is 3.33. The summed E-state index contributed by atoms with van der Waals surface area (Å²) in [6, 6.07) is 12.6. The fraction of sp³-hybridized carbons (Fsp3) is 0.0625. The van der Waals surface area contributed by atoms with Crippen molar-refractivity contribution in [2.24, 2.45) is 5.16 Å². The Morgan fingerprint density at radius 2 is 1.94 bits per heavy atom. The Labute approximate surface area is 104 Å². The Hall–Kier alpha value is -2.35. The summed E-state index contributed by atoms with van der Waals surface area (Å²) in [6.07, 6.45) is 5.05. The van der Waals surface area contributed by atoms with Crippen LogP contribution < -0.4 is 10.4 Å². The molecule has 0 fully saturated rings. The van der Waals surface area contributed by atoms with Gasteiger partial charge in [0, 0.05) is 12.0 Å². The predicted octanol–water partition coefficient (Wildman–Crippen LogP) is 1.94. The number of nitrogens with zero attached hydrogens (tertiary/aromatic N) is 1. The van der Waals surface area contributed by atoms with E-state index in [-0.39, 0.29) is 0 Å². The molecule has 0 spiro atoms. The third kappa shape index (κ3) is 1.10. The molecular weight excluding hydrogens is 222 g/mol. The SMILES string of the molecule is ON=C1CC=C2C=c3c(ccc4ccccc34)=C21. The number of rotatable bonds is 0. The molecule has 0 heterocycles. The maximum atomic E-state index is 9.07. The normalized spacial score (nSPS) is 18.8. The van der Waals surface area contributed by atoms with Crippen LogP contribution >= 0.6 is 0 Å². The van der Waals surface area contributed by atoms with E-state index in [1.165, 1.54) is 26.8 Å². The first-order chi connectivity index (χ1) is 8.88. The van der Waals surface area contributed by atoms with Gasteiger partial charge < -0.3 is 5.21 Å². The minimum atomic E-state index is 0.726. The van der Waals surface area contributed by atoms with Crippen LogP contribution in [0.15, 0.2) is 53.2 Å². The number of hydrogen-bond donors (Lipinski definition) is 1. The molecule has 0 aliphatic heterocycles. The number of hydrogen-bond acceptors (Lipinski definition) is 2. The summed E-state index contributed by atoms with van der Waals surface area (Å²) in [5.41, 5.74) is 3.06. The Kier molecular flexibility index (Phi) is 1.78. The van der Waals surface area contributed by atoms with Crippen molar-refractivity contribution in [1.82, 2.24) is 0 Å². The zero-order valence-corrected chi connectivity index (χ0v) is 9.72. The highest BCUT2D eigenvalue weighted by molar-refractivity contribution is 6.30. The minimum Gasteiger partial charge on any atom is -0.411 e. The predicted molar refractivity (Wildman–Crippen MR) is 73.0 cm³/mol. The third-order valence-electron chi connectivity index (χ3n) is 3.75. The van der Waals surface area contributed by atoms with Gasteiger partial charge in [0.25, 0.3) is 0 Å². The van der Waals surface area contributed by atoms with Crippen molar-refractivity contribution >= 4 is 28.1 Å². The standard InChI is InChI=1S/C16H11NO/c18-17-15-8-6-11-9-14-12-4-2-1-3-10(12)5-7-13(14)16(11)15/h1-7,9,18H,8H2. The Bertz CT molecular complexity index is 856. The number of oxime groups is 1. The summed E-state index contributed by atoms with van der Waals surface area (Å²) in [4.78, 5) is 0. The molecule has 4 rings (SSSR count). The molecule has 2 aromatic rings. The molecular formula is C16H11NO. The van der Waals surface area contributed by atoms with Crippen LogP contribution in [-0.4, -0.2) is 10.9 Å². The highest BCUT2D eigenvalue weighted by atomic mass is 16.4. The van der Waals surface area contributed by atoms with E-state index >= 15 is 0 Å². The fourth-order valence-electron chi connectivity index (χ4n) is 2.93. The quantitative estimate of drug-likeness (QED) is 0.547. The van der Waals surface area contributed by atoms with Gasteiger partial charge in [0.2, 0.25) is 0 Å². The van der Waals surface area contributed by atoms with E-state index < -0.39 is 0 Å². The molecule has 0 aromatic heterocycles. The van der Waals surface area contributed by atoms with E-state index in [0.29, 0.717) is 0 Å². The Morgan fingerprint density at radius 1 is 1.06 bits per heavy atom. The van der Waals surface area contributed by atoms with Gasteiger partial charge in [-0.1, -0.05) is 47.6 Å². The minimum absolute atomic E-state index is 0.726. The smallest absolute Gasteiger partial charge is 0.0917 e. The molecule has 2 heteroatoms. The number of allylic oxidation sites excluding steroid dienone is 2. The average Bonchev–Trinajstić information content (AvgIpc) is 2.97. The lowest BCUT2D eigenvalue weighted by Gasteiger charge is -1.99.